The van der Waals surface area contributed by atoms with Crippen LogP contribution in [0.25, 0.3) is 16.7 Å². The fourth-order valence-electron chi connectivity index (χ4n) is 2.72. The minimum Gasteiger partial charge on any atom is -0.465 e. The molecule has 4 aromatic rings. The zero-order valence-corrected chi connectivity index (χ0v) is 15.0. The number of hydrogen-bond donors (Lipinski definition) is 1. The summed E-state index contributed by atoms with van der Waals surface area (Å²) in [6.45, 7) is 0. The molecule has 0 amide bonds. The van der Waals surface area contributed by atoms with Gasteiger partial charge in [0.1, 0.15) is 6.33 Å². The normalized spacial score (nSPS) is 11.0. The monoisotopic (exact) mass is 372 g/mol. The summed E-state index contributed by atoms with van der Waals surface area (Å²) in [7, 11) is 1.35. The third kappa shape index (κ3) is 3.43. The second-order valence-corrected chi connectivity index (χ2v) is 5.84. The lowest BCUT2D eigenvalue weighted by atomic mass is 10.1. The molecule has 2 aromatic heterocycles. The highest BCUT2D eigenvalue weighted by molar-refractivity contribution is 5.92. The highest BCUT2D eigenvalue weighted by atomic mass is 16.5. The molecule has 2 aromatic carbocycles. The number of nitrogens with one attached hydrogen (secondary N) is 1. The quantitative estimate of drug-likeness (QED) is 0.329. The van der Waals surface area contributed by atoms with Gasteiger partial charge in [0.25, 0.3) is 0 Å². The number of hydrogen-bond acceptors (Lipinski definition) is 7. The molecule has 1 N–H and O–H groups in total. The van der Waals surface area contributed by atoms with E-state index < -0.39 is 5.97 Å². The standard InChI is InChI=1S/C20H16N6O2/c1-28-20(27)15-7-5-6-14(10-15)11-23-25-18-17-12-24-26(19(17)22-13-21-18)16-8-3-2-4-9-16/h2-13H,1H3,(H,21,22,25)/b23-11-. The Labute approximate surface area is 160 Å². The summed E-state index contributed by atoms with van der Waals surface area (Å²) >= 11 is 0. The maximum absolute atomic E-state index is 11.6. The number of rotatable bonds is 5. The fourth-order valence-corrected chi connectivity index (χ4v) is 2.72. The topological polar surface area (TPSA) is 94.3 Å². The minimum absolute atomic E-state index is 0.394. The fraction of sp³-hybridized carbons (Fsp3) is 0.0500. The van der Waals surface area contributed by atoms with Gasteiger partial charge in [0.2, 0.25) is 0 Å². The van der Waals surface area contributed by atoms with Crippen molar-refractivity contribution in [2.75, 3.05) is 12.5 Å². The van der Waals surface area contributed by atoms with Crippen LogP contribution in [0.2, 0.25) is 0 Å². The number of carbonyl (C=O) groups excluding carboxylic acids is 1. The van der Waals surface area contributed by atoms with Crippen molar-refractivity contribution in [3.05, 3.63) is 78.2 Å². The second-order valence-electron chi connectivity index (χ2n) is 5.84. The van der Waals surface area contributed by atoms with E-state index in [9.17, 15) is 4.79 Å². The number of esters is 1. The number of methoxy groups -OCH3 is 1. The average molecular weight is 372 g/mol. The first-order valence-corrected chi connectivity index (χ1v) is 8.48. The Morgan fingerprint density at radius 1 is 1.14 bits per heavy atom. The van der Waals surface area contributed by atoms with Crippen molar-refractivity contribution in [1.29, 1.82) is 0 Å². The number of ether oxygens (including phenoxy) is 1. The number of para-hydroxylation sites is 1. The summed E-state index contributed by atoms with van der Waals surface area (Å²) < 4.78 is 6.47. The maximum Gasteiger partial charge on any atom is 0.337 e. The summed E-state index contributed by atoms with van der Waals surface area (Å²) in [5, 5.41) is 9.36. The van der Waals surface area contributed by atoms with E-state index in [1.165, 1.54) is 13.4 Å². The average Bonchev–Trinajstić information content (AvgIpc) is 3.19. The maximum atomic E-state index is 11.6. The van der Waals surface area contributed by atoms with Gasteiger partial charge in [-0.1, -0.05) is 30.3 Å². The molecule has 0 bridgehead atoms. The molecule has 0 saturated carbocycles. The Morgan fingerprint density at radius 2 is 2.00 bits per heavy atom. The molecule has 0 aliphatic carbocycles. The highest BCUT2D eigenvalue weighted by Crippen LogP contribution is 2.21. The van der Waals surface area contributed by atoms with Crippen molar-refractivity contribution in [1.82, 2.24) is 19.7 Å². The van der Waals surface area contributed by atoms with Gasteiger partial charge in [-0.3, -0.25) is 5.43 Å². The number of nitrogens with zero attached hydrogens (tertiary/aromatic N) is 5. The number of hydrazone groups is 1. The van der Waals surface area contributed by atoms with E-state index in [-0.39, 0.29) is 0 Å². The lowest BCUT2D eigenvalue weighted by Gasteiger charge is -2.04. The summed E-state index contributed by atoms with van der Waals surface area (Å²) in [6, 6.07) is 16.7. The zero-order chi connectivity index (χ0) is 19.3. The zero-order valence-electron chi connectivity index (χ0n) is 15.0. The van der Waals surface area contributed by atoms with E-state index in [2.05, 4.69) is 25.6 Å². The molecule has 8 nitrogen and oxygen atoms in total. The number of anilines is 1. The third-order valence-corrected chi connectivity index (χ3v) is 4.06. The Hall–Kier alpha value is -4.07. The van der Waals surface area contributed by atoms with Gasteiger partial charge in [-0.2, -0.15) is 10.2 Å². The van der Waals surface area contributed by atoms with Crippen LogP contribution in [-0.2, 0) is 4.74 Å². The molecule has 0 radical (unpaired) electrons. The Kier molecular flexibility index (Phi) is 4.75. The van der Waals surface area contributed by atoms with E-state index >= 15 is 0 Å². The van der Waals surface area contributed by atoms with Gasteiger partial charge < -0.3 is 4.74 Å². The third-order valence-electron chi connectivity index (χ3n) is 4.06. The van der Waals surface area contributed by atoms with Crippen LogP contribution in [-0.4, -0.2) is 39.0 Å². The Bertz CT molecular complexity index is 1150. The van der Waals surface area contributed by atoms with E-state index in [0.29, 0.717) is 17.0 Å². The van der Waals surface area contributed by atoms with Gasteiger partial charge in [-0.15, -0.1) is 0 Å². The molecule has 0 aliphatic heterocycles. The molecule has 0 atom stereocenters. The first-order chi connectivity index (χ1) is 13.8. The molecule has 0 spiro atoms. The summed E-state index contributed by atoms with van der Waals surface area (Å²) in [5.41, 5.74) is 5.70. The van der Waals surface area contributed by atoms with Crippen molar-refractivity contribution in [2.24, 2.45) is 5.10 Å². The predicted octanol–water partition coefficient (Wildman–Crippen LogP) is 3.05. The lowest BCUT2D eigenvalue weighted by molar-refractivity contribution is 0.0600. The highest BCUT2D eigenvalue weighted by Gasteiger charge is 2.10. The van der Waals surface area contributed by atoms with Crippen LogP contribution in [0.1, 0.15) is 15.9 Å². The first kappa shape index (κ1) is 17.3. The van der Waals surface area contributed by atoms with Crippen LogP contribution in [0, 0.1) is 0 Å². The number of carbonyl (C=O) groups is 1. The van der Waals surface area contributed by atoms with Crippen LogP contribution < -0.4 is 5.43 Å². The van der Waals surface area contributed by atoms with Gasteiger partial charge >= 0.3 is 5.97 Å². The summed E-state index contributed by atoms with van der Waals surface area (Å²) in [4.78, 5) is 20.2. The van der Waals surface area contributed by atoms with Gasteiger partial charge in [-0.25, -0.2) is 19.4 Å². The van der Waals surface area contributed by atoms with Crippen molar-refractivity contribution < 1.29 is 9.53 Å². The van der Waals surface area contributed by atoms with Crippen LogP contribution >= 0.6 is 0 Å². The van der Waals surface area contributed by atoms with Crippen LogP contribution in [0.3, 0.4) is 0 Å². The molecule has 2 heterocycles. The number of fused-ring (bicyclic) bond motifs is 1. The molecule has 0 saturated heterocycles. The minimum atomic E-state index is -0.394. The molecular weight excluding hydrogens is 356 g/mol. The van der Waals surface area contributed by atoms with E-state index in [1.54, 1.807) is 35.3 Å². The SMILES string of the molecule is COC(=O)c1cccc(/C=N\Nc2ncnc3c2cnn3-c2ccccc2)c1. The van der Waals surface area contributed by atoms with Crippen molar-refractivity contribution in [3.8, 4) is 5.69 Å². The second kappa shape index (κ2) is 7.67. The van der Waals surface area contributed by atoms with Crippen molar-refractivity contribution >= 4 is 29.0 Å². The Morgan fingerprint density at radius 3 is 2.82 bits per heavy atom. The molecular formula is C20H16N6O2. The van der Waals surface area contributed by atoms with Gasteiger partial charge in [0.05, 0.1) is 36.2 Å². The molecule has 0 fully saturated rings. The van der Waals surface area contributed by atoms with E-state index in [0.717, 1.165) is 16.6 Å². The molecule has 0 aliphatic rings. The lowest BCUT2D eigenvalue weighted by Crippen LogP contribution is -2.02. The molecule has 28 heavy (non-hydrogen) atoms. The number of aromatic nitrogens is 4. The molecule has 138 valence electrons. The van der Waals surface area contributed by atoms with Gasteiger partial charge in [0, 0.05) is 0 Å². The Balaban J connectivity index is 1.58. The molecule has 0 unspecified atom stereocenters. The summed E-state index contributed by atoms with van der Waals surface area (Å²) in [5.74, 6) is 0.140. The largest absolute Gasteiger partial charge is 0.465 e. The summed E-state index contributed by atoms with van der Waals surface area (Å²) in [6.07, 6.45) is 4.75. The van der Waals surface area contributed by atoms with Crippen molar-refractivity contribution in [2.45, 2.75) is 0 Å². The smallest absolute Gasteiger partial charge is 0.337 e. The van der Waals surface area contributed by atoms with Gasteiger partial charge in [-0.05, 0) is 29.8 Å². The van der Waals surface area contributed by atoms with Crippen LogP contribution in [0.15, 0.2) is 72.2 Å². The number of benzene rings is 2. The van der Waals surface area contributed by atoms with Crippen molar-refractivity contribution in [3.63, 3.8) is 0 Å². The van der Waals surface area contributed by atoms with Crippen LogP contribution in [0.5, 0.6) is 0 Å². The molecule has 8 heteroatoms. The predicted molar refractivity (Wildman–Crippen MR) is 106 cm³/mol. The van der Waals surface area contributed by atoms with Gasteiger partial charge in [0.15, 0.2) is 11.5 Å². The van der Waals surface area contributed by atoms with Crippen LogP contribution in [0.4, 0.5) is 5.82 Å². The van der Waals surface area contributed by atoms with E-state index in [1.807, 2.05) is 36.4 Å². The van der Waals surface area contributed by atoms with E-state index in [4.69, 9.17) is 4.74 Å². The molecule has 4 rings (SSSR count). The first-order valence-electron chi connectivity index (χ1n) is 8.48.